The van der Waals surface area contributed by atoms with E-state index in [1.807, 2.05) is 18.2 Å². The van der Waals surface area contributed by atoms with Gasteiger partial charge in [-0.25, -0.2) is 4.98 Å². The van der Waals surface area contributed by atoms with Crippen molar-refractivity contribution in [2.45, 2.75) is 39.0 Å². The maximum absolute atomic E-state index is 6.16. The molecule has 0 bridgehead atoms. The number of aliphatic imine (C=N–C) groups is 1. The van der Waals surface area contributed by atoms with Crippen LogP contribution in [0.25, 0.3) is 5.70 Å². The SMILES string of the molecule is CCCCNCC(C)c1ccc(Nc2ncc(C3=CCC=CC=N3)c(N)n2)cc1. The number of nitrogens with zero attached hydrogens (tertiary/aromatic N) is 3. The minimum Gasteiger partial charge on any atom is -0.383 e. The van der Waals surface area contributed by atoms with Gasteiger partial charge in [-0.15, -0.1) is 0 Å². The quantitative estimate of drug-likeness (QED) is 0.542. The molecule has 1 aromatic carbocycles. The van der Waals surface area contributed by atoms with Crippen molar-refractivity contribution in [1.82, 2.24) is 15.3 Å². The molecule has 1 atom stereocenters. The zero-order chi connectivity index (χ0) is 20.5. The highest BCUT2D eigenvalue weighted by atomic mass is 15.1. The van der Waals surface area contributed by atoms with E-state index in [1.165, 1.54) is 18.4 Å². The van der Waals surface area contributed by atoms with Gasteiger partial charge in [0.15, 0.2) is 0 Å². The van der Waals surface area contributed by atoms with E-state index in [1.54, 1.807) is 12.4 Å². The summed E-state index contributed by atoms with van der Waals surface area (Å²) in [6.45, 7) is 6.52. The molecule has 0 spiro atoms. The molecule has 29 heavy (non-hydrogen) atoms. The lowest BCUT2D eigenvalue weighted by Crippen LogP contribution is -2.21. The lowest BCUT2D eigenvalue weighted by molar-refractivity contribution is 0.591. The van der Waals surface area contributed by atoms with E-state index in [4.69, 9.17) is 5.73 Å². The number of benzene rings is 1. The number of nitrogen functional groups attached to an aromatic ring is 1. The third kappa shape index (κ3) is 5.99. The first-order valence-corrected chi connectivity index (χ1v) is 10.3. The number of hydrogen-bond acceptors (Lipinski definition) is 6. The fourth-order valence-corrected chi connectivity index (χ4v) is 3.09. The molecule has 1 aliphatic rings. The second-order valence-corrected chi connectivity index (χ2v) is 7.23. The summed E-state index contributed by atoms with van der Waals surface area (Å²) in [6, 6.07) is 8.39. The van der Waals surface area contributed by atoms with Crippen LogP contribution in [0.1, 0.15) is 50.2 Å². The highest BCUT2D eigenvalue weighted by molar-refractivity contribution is 5.83. The van der Waals surface area contributed by atoms with E-state index in [-0.39, 0.29) is 0 Å². The Labute approximate surface area is 173 Å². The zero-order valence-corrected chi connectivity index (χ0v) is 17.2. The van der Waals surface area contributed by atoms with E-state index in [0.717, 1.165) is 36.5 Å². The van der Waals surface area contributed by atoms with Gasteiger partial charge in [0.1, 0.15) is 5.82 Å². The number of rotatable bonds is 9. The predicted octanol–water partition coefficient (Wildman–Crippen LogP) is 4.67. The van der Waals surface area contributed by atoms with E-state index < -0.39 is 0 Å². The molecule has 4 N–H and O–H groups in total. The standard InChI is InChI=1S/C23H30N6/c1-3-4-13-25-15-17(2)18-9-11-19(12-10-18)28-23-27-16-20(22(24)29-23)21-8-6-5-7-14-26-21/h5,7-12,14,16-17,25H,3-4,6,13,15H2,1-2H3,(H3,24,27,28,29). The second-order valence-electron chi connectivity index (χ2n) is 7.23. The van der Waals surface area contributed by atoms with E-state index in [2.05, 4.69) is 63.7 Å². The normalized spacial score (nSPS) is 14.3. The van der Waals surface area contributed by atoms with Crippen LogP contribution in [0.2, 0.25) is 0 Å². The lowest BCUT2D eigenvalue weighted by atomic mass is 10.0. The van der Waals surface area contributed by atoms with Gasteiger partial charge in [0.05, 0.1) is 11.3 Å². The van der Waals surface area contributed by atoms with Crippen LogP contribution in [-0.2, 0) is 0 Å². The summed E-state index contributed by atoms with van der Waals surface area (Å²) in [7, 11) is 0. The molecule has 6 heteroatoms. The van der Waals surface area contributed by atoms with Gasteiger partial charge in [0.2, 0.25) is 5.95 Å². The Kier molecular flexibility index (Phi) is 7.53. The Hall–Kier alpha value is -2.99. The van der Waals surface area contributed by atoms with Gasteiger partial charge in [0.25, 0.3) is 0 Å². The molecule has 3 rings (SSSR count). The van der Waals surface area contributed by atoms with Crippen LogP contribution >= 0.6 is 0 Å². The van der Waals surface area contributed by atoms with Gasteiger partial charge >= 0.3 is 0 Å². The zero-order valence-electron chi connectivity index (χ0n) is 17.2. The molecular formula is C23H30N6. The monoisotopic (exact) mass is 390 g/mol. The highest BCUT2D eigenvalue weighted by Gasteiger charge is 2.10. The third-order valence-electron chi connectivity index (χ3n) is 4.87. The molecule has 0 aliphatic carbocycles. The molecule has 0 amide bonds. The van der Waals surface area contributed by atoms with Crippen LogP contribution in [0.5, 0.6) is 0 Å². The number of nitrogens with one attached hydrogen (secondary N) is 2. The average molecular weight is 391 g/mol. The fraction of sp³-hybridized carbons (Fsp3) is 0.348. The first kappa shape index (κ1) is 20.7. The molecule has 1 aliphatic heterocycles. The molecular weight excluding hydrogens is 360 g/mol. The van der Waals surface area contributed by atoms with E-state index in [9.17, 15) is 0 Å². The number of anilines is 3. The molecule has 0 fully saturated rings. The molecule has 152 valence electrons. The van der Waals surface area contributed by atoms with Gasteiger partial charge in [-0.2, -0.15) is 4.98 Å². The largest absolute Gasteiger partial charge is 0.383 e. The van der Waals surface area contributed by atoms with Crippen molar-refractivity contribution in [3.63, 3.8) is 0 Å². The van der Waals surface area contributed by atoms with Crippen LogP contribution in [0.4, 0.5) is 17.5 Å². The predicted molar refractivity (Wildman–Crippen MR) is 123 cm³/mol. The first-order chi connectivity index (χ1) is 14.2. The molecule has 0 radical (unpaired) electrons. The molecule has 2 aromatic rings. The minimum atomic E-state index is 0.413. The number of hydrogen-bond donors (Lipinski definition) is 3. The van der Waals surface area contributed by atoms with Crippen molar-refractivity contribution in [3.8, 4) is 0 Å². The number of unbranched alkanes of at least 4 members (excludes halogenated alkanes) is 1. The van der Waals surface area contributed by atoms with Gasteiger partial charge in [0, 0.05) is 24.6 Å². The summed E-state index contributed by atoms with van der Waals surface area (Å²) in [5.41, 5.74) is 9.94. The summed E-state index contributed by atoms with van der Waals surface area (Å²) in [5, 5.41) is 6.74. The lowest BCUT2D eigenvalue weighted by Gasteiger charge is -2.14. The Morgan fingerprint density at radius 2 is 2.03 bits per heavy atom. The maximum Gasteiger partial charge on any atom is 0.229 e. The van der Waals surface area contributed by atoms with Crippen LogP contribution in [-0.4, -0.2) is 29.3 Å². The topological polar surface area (TPSA) is 88.2 Å². The molecule has 0 saturated carbocycles. The van der Waals surface area contributed by atoms with Crippen molar-refractivity contribution in [3.05, 3.63) is 59.8 Å². The smallest absolute Gasteiger partial charge is 0.229 e. The van der Waals surface area contributed by atoms with Gasteiger partial charge in [-0.3, -0.25) is 4.99 Å². The third-order valence-corrected chi connectivity index (χ3v) is 4.87. The molecule has 0 saturated heterocycles. The molecule has 2 heterocycles. The fourth-order valence-electron chi connectivity index (χ4n) is 3.09. The summed E-state index contributed by atoms with van der Waals surface area (Å²) in [4.78, 5) is 13.2. The number of nitrogens with two attached hydrogens (primary N) is 1. The van der Waals surface area contributed by atoms with E-state index >= 15 is 0 Å². The van der Waals surface area contributed by atoms with Crippen molar-refractivity contribution in [2.75, 3.05) is 24.1 Å². The van der Waals surface area contributed by atoms with Crippen LogP contribution in [0.15, 0.2) is 53.7 Å². The van der Waals surface area contributed by atoms with Gasteiger partial charge in [-0.05, 0) is 49.1 Å². The minimum absolute atomic E-state index is 0.413. The van der Waals surface area contributed by atoms with Crippen molar-refractivity contribution in [2.24, 2.45) is 4.99 Å². The van der Waals surface area contributed by atoms with E-state index in [0.29, 0.717) is 17.7 Å². The summed E-state index contributed by atoms with van der Waals surface area (Å²) in [5.74, 6) is 1.36. The first-order valence-electron chi connectivity index (χ1n) is 10.3. The van der Waals surface area contributed by atoms with Crippen molar-refractivity contribution >= 4 is 29.4 Å². The Morgan fingerprint density at radius 1 is 1.21 bits per heavy atom. The number of aromatic nitrogens is 2. The molecule has 1 unspecified atom stereocenters. The van der Waals surface area contributed by atoms with Crippen LogP contribution in [0, 0.1) is 0 Å². The summed E-state index contributed by atoms with van der Waals surface area (Å²) in [6.07, 6.45) is 12.7. The van der Waals surface area contributed by atoms with Gasteiger partial charge in [-0.1, -0.05) is 44.6 Å². The highest BCUT2D eigenvalue weighted by Crippen LogP contribution is 2.24. The van der Waals surface area contributed by atoms with Crippen molar-refractivity contribution < 1.29 is 0 Å². The van der Waals surface area contributed by atoms with Crippen LogP contribution in [0.3, 0.4) is 0 Å². The Morgan fingerprint density at radius 3 is 2.79 bits per heavy atom. The summed E-state index contributed by atoms with van der Waals surface area (Å²) < 4.78 is 0. The second kappa shape index (κ2) is 10.5. The Balaban J connectivity index is 1.61. The molecule has 6 nitrogen and oxygen atoms in total. The maximum atomic E-state index is 6.16. The number of allylic oxidation sites excluding steroid dienone is 3. The average Bonchev–Trinajstić information content (AvgIpc) is 3.01. The Bertz CT molecular complexity index is 883. The van der Waals surface area contributed by atoms with Crippen LogP contribution < -0.4 is 16.4 Å². The summed E-state index contributed by atoms with van der Waals surface area (Å²) >= 11 is 0. The molecule has 1 aromatic heterocycles. The van der Waals surface area contributed by atoms with Crippen molar-refractivity contribution in [1.29, 1.82) is 0 Å². The van der Waals surface area contributed by atoms with Gasteiger partial charge < -0.3 is 16.4 Å².